The quantitative estimate of drug-likeness (QED) is 0.524. The van der Waals surface area contributed by atoms with Gasteiger partial charge in [-0.1, -0.05) is 59.6 Å². The zero-order chi connectivity index (χ0) is 17.8. The molecule has 0 saturated heterocycles. The fourth-order valence-electron chi connectivity index (χ4n) is 2.32. The molecule has 0 aliphatic carbocycles. The van der Waals surface area contributed by atoms with Gasteiger partial charge in [-0.05, 0) is 19.1 Å². The maximum Gasteiger partial charge on any atom is 0.289 e. The summed E-state index contributed by atoms with van der Waals surface area (Å²) in [7, 11) is 0. The first-order valence-electron chi connectivity index (χ1n) is 7.45. The van der Waals surface area contributed by atoms with Gasteiger partial charge in [0.15, 0.2) is 0 Å². The smallest absolute Gasteiger partial charge is 0.272 e. The molecule has 3 rings (SSSR count). The van der Waals surface area contributed by atoms with Crippen molar-refractivity contribution >= 4 is 35.3 Å². The number of nitrogens with one attached hydrogen (secondary N) is 2. The average molecular weight is 373 g/mol. The van der Waals surface area contributed by atoms with Crippen molar-refractivity contribution in [2.24, 2.45) is 5.10 Å². The SMILES string of the molecule is Cc1c(-c2ccccc2)n[nH]c1C(=O)N/N=C/c1ccc(Cl)cc1Cl. The molecule has 0 spiro atoms. The maximum absolute atomic E-state index is 12.3. The Morgan fingerprint density at radius 1 is 1.20 bits per heavy atom. The van der Waals surface area contributed by atoms with Crippen molar-refractivity contribution < 1.29 is 4.79 Å². The molecule has 0 aliphatic heterocycles. The van der Waals surface area contributed by atoms with Crippen LogP contribution in [-0.4, -0.2) is 22.3 Å². The van der Waals surface area contributed by atoms with E-state index in [-0.39, 0.29) is 5.91 Å². The summed E-state index contributed by atoms with van der Waals surface area (Å²) < 4.78 is 0. The number of aromatic nitrogens is 2. The van der Waals surface area contributed by atoms with Crippen LogP contribution in [0.15, 0.2) is 53.6 Å². The van der Waals surface area contributed by atoms with Crippen molar-refractivity contribution in [3.05, 3.63) is 75.4 Å². The number of carbonyl (C=O) groups is 1. The standard InChI is InChI=1S/C18H14Cl2N4O/c1-11-16(12-5-3-2-4-6-12)22-23-17(11)18(25)24-21-10-13-7-8-14(19)9-15(13)20/h2-10H,1H3,(H,22,23)(H,24,25)/b21-10+. The Morgan fingerprint density at radius 3 is 2.68 bits per heavy atom. The van der Waals surface area contributed by atoms with E-state index < -0.39 is 0 Å². The first-order valence-corrected chi connectivity index (χ1v) is 8.20. The summed E-state index contributed by atoms with van der Waals surface area (Å²) in [5, 5.41) is 11.9. The lowest BCUT2D eigenvalue weighted by Gasteiger charge is -2.01. The van der Waals surface area contributed by atoms with E-state index >= 15 is 0 Å². The molecular formula is C18H14Cl2N4O. The molecule has 25 heavy (non-hydrogen) atoms. The zero-order valence-corrected chi connectivity index (χ0v) is 14.8. The number of nitrogens with zero attached hydrogens (tertiary/aromatic N) is 2. The van der Waals surface area contributed by atoms with Crippen LogP contribution >= 0.6 is 23.2 Å². The van der Waals surface area contributed by atoms with Gasteiger partial charge in [0.2, 0.25) is 0 Å². The van der Waals surface area contributed by atoms with Gasteiger partial charge in [-0.15, -0.1) is 0 Å². The number of hydrogen-bond donors (Lipinski definition) is 2. The Morgan fingerprint density at radius 2 is 1.96 bits per heavy atom. The molecule has 2 N–H and O–H groups in total. The highest BCUT2D eigenvalue weighted by molar-refractivity contribution is 6.36. The molecule has 7 heteroatoms. The molecule has 1 amide bonds. The Balaban J connectivity index is 1.74. The van der Waals surface area contributed by atoms with Crippen molar-refractivity contribution in [2.45, 2.75) is 6.92 Å². The van der Waals surface area contributed by atoms with E-state index in [0.29, 0.717) is 21.3 Å². The van der Waals surface area contributed by atoms with Gasteiger partial charge in [-0.25, -0.2) is 5.43 Å². The normalized spacial score (nSPS) is 11.0. The maximum atomic E-state index is 12.3. The monoisotopic (exact) mass is 372 g/mol. The molecule has 0 bridgehead atoms. The summed E-state index contributed by atoms with van der Waals surface area (Å²) in [5.41, 5.74) is 5.89. The van der Waals surface area contributed by atoms with Crippen LogP contribution in [0, 0.1) is 6.92 Å². The van der Waals surface area contributed by atoms with E-state index in [9.17, 15) is 4.79 Å². The molecule has 0 radical (unpaired) electrons. The Kier molecular flexibility index (Phi) is 5.16. The van der Waals surface area contributed by atoms with E-state index in [0.717, 1.165) is 16.8 Å². The number of hydrogen-bond acceptors (Lipinski definition) is 3. The van der Waals surface area contributed by atoms with Gasteiger partial charge < -0.3 is 0 Å². The summed E-state index contributed by atoms with van der Waals surface area (Å²) in [6.07, 6.45) is 1.46. The minimum atomic E-state index is -0.381. The summed E-state index contributed by atoms with van der Waals surface area (Å²) in [4.78, 5) is 12.3. The van der Waals surface area contributed by atoms with Crippen molar-refractivity contribution in [3.8, 4) is 11.3 Å². The predicted molar refractivity (Wildman–Crippen MR) is 100 cm³/mol. The molecule has 5 nitrogen and oxygen atoms in total. The van der Waals surface area contributed by atoms with E-state index in [2.05, 4.69) is 20.7 Å². The lowest BCUT2D eigenvalue weighted by Crippen LogP contribution is -2.19. The van der Waals surface area contributed by atoms with Crippen LogP contribution < -0.4 is 5.43 Å². The second kappa shape index (κ2) is 7.51. The van der Waals surface area contributed by atoms with Gasteiger partial charge in [-0.3, -0.25) is 9.89 Å². The van der Waals surface area contributed by atoms with E-state index in [1.807, 2.05) is 37.3 Å². The summed E-state index contributed by atoms with van der Waals surface area (Å²) >= 11 is 11.9. The predicted octanol–water partition coefficient (Wildman–Crippen LogP) is 4.46. The van der Waals surface area contributed by atoms with E-state index in [1.165, 1.54) is 6.21 Å². The number of aromatic amines is 1. The van der Waals surface area contributed by atoms with E-state index in [1.54, 1.807) is 18.2 Å². The topological polar surface area (TPSA) is 70.1 Å². The molecular weight excluding hydrogens is 359 g/mol. The molecule has 3 aromatic rings. The van der Waals surface area contributed by atoms with Crippen LogP contribution in [0.4, 0.5) is 0 Å². The highest BCUT2D eigenvalue weighted by Gasteiger charge is 2.16. The number of rotatable bonds is 4. The molecule has 0 fully saturated rings. The highest BCUT2D eigenvalue weighted by atomic mass is 35.5. The van der Waals surface area contributed by atoms with Gasteiger partial charge in [-0.2, -0.15) is 10.2 Å². The average Bonchev–Trinajstić information content (AvgIpc) is 2.99. The Hall–Kier alpha value is -2.63. The molecule has 1 aromatic heterocycles. The molecule has 1 heterocycles. The number of H-pyrrole nitrogens is 1. The zero-order valence-electron chi connectivity index (χ0n) is 13.3. The van der Waals surface area contributed by atoms with Crippen LogP contribution in [-0.2, 0) is 0 Å². The Labute approximate surface area is 154 Å². The summed E-state index contributed by atoms with van der Waals surface area (Å²) in [6, 6.07) is 14.7. The third-order valence-corrected chi connectivity index (χ3v) is 4.18. The Bertz CT molecular complexity index is 936. The number of hydrazone groups is 1. The van der Waals surface area contributed by atoms with Crippen LogP contribution in [0.1, 0.15) is 21.6 Å². The fourth-order valence-corrected chi connectivity index (χ4v) is 2.78. The van der Waals surface area contributed by atoms with Crippen molar-refractivity contribution in [1.29, 1.82) is 0 Å². The third kappa shape index (κ3) is 3.90. The number of amides is 1. The van der Waals surface area contributed by atoms with Gasteiger partial charge in [0.25, 0.3) is 5.91 Å². The van der Waals surface area contributed by atoms with Gasteiger partial charge in [0, 0.05) is 21.7 Å². The van der Waals surface area contributed by atoms with Crippen LogP contribution in [0.3, 0.4) is 0 Å². The van der Waals surface area contributed by atoms with Crippen molar-refractivity contribution in [2.75, 3.05) is 0 Å². The second-order valence-corrected chi connectivity index (χ2v) is 6.15. The van der Waals surface area contributed by atoms with Crippen LogP contribution in [0.25, 0.3) is 11.3 Å². The number of benzene rings is 2. The minimum Gasteiger partial charge on any atom is -0.272 e. The molecule has 2 aromatic carbocycles. The van der Waals surface area contributed by atoms with Crippen LogP contribution in [0.2, 0.25) is 10.0 Å². The molecule has 0 aliphatic rings. The van der Waals surface area contributed by atoms with Gasteiger partial charge in [0.05, 0.1) is 16.9 Å². The lowest BCUT2D eigenvalue weighted by molar-refractivity contribution is 0.0949. The summed E-state index contributed by atoms with van der Waals surface area (Å²) in [5.74, 6) is -0.381. The molecule has 126 valence electrons. The lowest BCUT2D eigenvalue weighted by atomic mass is 10.1. The van der Waals surface area contributed by atoms with E-state index in [4.69, 9.17) is 23.2 Å². The van der Waals surface area contributed by atoms with Crippen molar-refractivity contribution in [3.63, 3.8) is 0 Å². The fraction of sp³-hybridized carbons (Fsp3) is 0.0556. The first kappa shape index (κ1) is 17.2. The van der Waals surface area contributed by atoms with Crippen molar-refractivity contribution in [1.82, 2.24) is 15.6 Å². The van der Waals surface area contributed by atoms with Crippen LogP contribution in [0.5, 0.6) is 0 Å². The minimum absolute atomic E-state index is 0.359. The molecule has 0 atom stereocenters. The molecule has 0 saturated carbocycles. The van der Waals surface area contributed by atoms with Gasteiger partial charge in [0.1, 0.15) is 5.69 Å². The third-order valence-electron chi connectivity index (χ3n) is 3.62. The molecule has 0 unspecified atom stereocenters. The van der Waals surface area contributed by atoms with Gasteiger partial charge >= 0.3 is 0 Å². The number of halogens is 2. The first-order chi connectivity index (χ1) is 12.1. The number of carbonyl (C=O) groups excluding carboxylic acids is 1. The second-order valence-electron chi connectivity index (χ2n) is 5.30. The highest BCUT2D eigenvalue weighted by Crippen LogP contribution is 2.22. The summed E-state index contributed by atoms with van der Waals surface area (Å²) in [6.45, 7) is 1.83. The largest absolute Gasteiger partial charge is 0.289 e.